The molecule has 0 aliphatic carbocycles. The highest BCUT2D eigenvalue weighted by Gasteiger charge is 1.97. The lowest BCUT2D eigenvalue weighted by atomic mass is 10.2. The molecule has 0 amide bonds. The Kier molecular flexibility index (Phi) is 8.88. The number of hydrogen-bond acceptors (Lipinski definition) is 3. The largest absolute Gasteiger partial charge is 0.494 e. The molecule has 0 bridgehead atoms. The topological polar surface area (TPSA) is 30.5 Å². The molecule has 0 atom stereocenters. The molecule has 0 spiro atoms. The standard InChI is InChI=1S/C17H29NO2/c1-4-13-19-16-8-10-17(11-9-16)20-14-7-5-6-12-18-15(2)3/h8-11,15,18H,4-7,12-14H2,1-3H3. The zero-order valence-corrected chi connectivity index (χ0v) is 13.2. The Morgan fingerprint density at radius 3 is 2.05 bits per heavy atom. The highest BCUT2D eigenvalue weighted by molar-refractivity contribution is 5.31. The van der Waals surface area contributed by atoms with E-state index in [9.17, 15) is 0 Å². The smallest absolute Gasteiger partial charge is 0.119 e. The Morgan fingerprint density at radius 2 is 1.50 bits per heavy atom. The van der Waals surface area contributed by atoms with Crippen LogP contribution < -0.4 is 14.8 Å². The van der Waals surface area contributed by atoms with Gasteiger partial charge in [0.15, 0.2) is 0 Å². The van der Waals surface area contributed by atoms with Crippen molar-refractivity contribution in [1.82, 2.24) is 5.32 Å². The van der Waals surface area contributed by atoms with Gasteiger partial charge in [0.25, 0.3) is 0 Å². The van der Waals surface area contributed by atoms with E-state index >= 15 is 0 Å². The van der Waals surface area contributed by atoms with Crippen LogP contribution in [0.5, 0.6) is 11.5 Å². The van der Waals surface area contributed by atoms with Gasteiger partial charge in [-0.05, 0) is 56.5 Å². The van der Waals surface area contributed by atoms with E-state index < -0.39 is 0 Å². The third-order valence-corrected chi connectivity index (χ3v) is 2.94. The minimum absolute atomic E-state index is 0.583. The lowest BCUT2D eigenvalue weighted by molar-refractivity contribution is 0.300. The van der Waals surface area contributed by atoms with Gasteiger partial charge in [-0.3, -0.25) is 0 Å². The van der Waals surface area contributed by atoms with E-state index in [0.29, 0.717) is 6.04 Å². The van der Waals surface area contributed by atoms with Crippen LogP contribution in [0.2, 0.25) is 0 Å². The third-order valence-electron chi connectivity index (χ3n) is 2.94. The molecule has 0 radical (unpaired) electrons. The van der Waals surface area contributed by atoms with E-state index in [-0.39, 0.29) is 0 Å². The van der Waals surface area contributed by atoms with Gasteiger partial charge in [0, 0.05) is 6.04 Å². The van der Waals surface area contributed by atoms with Gasteiger partial charge in [-0.1, -0.05) is 20.8 Å². The maximum Gasteiger partial charge on any atom is 0.119 e. The van der Waals surface area contributed by atoms with Crippen LogP contribution in [0.25, 0.3) is 0 Å². The molecule has 3 nitrogen and oxygen atoms in total. The van der Waals surface area contributed by atoms with Crippen molar-refractivity contribution in [2.24, 2.45) is 0 Å². The first-order valence-corrected chi connectivity index (χ1v) is 7.81. The maximum absolute atomic E-state index is 5.72. The predicted molar refractivity (Wildman–Crippen MR) is 84.7 cm³/mol. The first-order valence-electron chi connectivity index (χ1n) is 7.81. The molecule has 3 heteroatoms. The van der Waals surface area contributed by atoms with Crippen molar-refractivity contribution in [3.63, 3.8) is 0 Å². The number of unbranched alkanes of at least 4 members (excludes halogenated alkanes) is 2. The molecule has 1 aromatic rings. The van der Waals surface area contributed by atoms with Gasteiger partial charge < -0.3 is 14.8 Å². The Labute approximate surface area is 123 Å². The lowest BCUT2D eigenvalue weighted by Crippen LogP contribution is -2.23. The Hall–Kier alpha value is -1.22. The van der Waals surface area contributed by atoms with Crippen molar-refractivity contribution in [2.75, 3.05) is 19.8 Å². The van der Waals surface area contributed by atoms with E-state index in [1.54, 1.807) is 0 Å². The molecular weight excluding hydrogens is 250 g/mol. The molecule has 1 rings (SSSR count). The second kappa shape index (κ2) is 10.6. The molecule has 0 unspecified atom stereocenters. The number of rotatable bonds is 11. The summed E-state index contributed by atoms with van der Waals surface area (Å²) < 4.78 is 11.3. The highest BCUT2D eigenvalue weighted by Crippen LogP contribution is 2.18. The fraction of sp³-hybridized carbons (Fsp3) is 0.647. The summed E-state index contributed by atoms with van der Waals surface area (Å²) in [5, 5.41) is 3.42. The van der Waals surface area contributed by atoms with Crippen molar-refractivity contribution < 1.29 is 9.47 Å². The highest BCUT2D eigenvalue weighted by atomic mass is 16.5. The quantitative estimate of drug-likeness (QED) is 0.621. The minimum Gasteiger partial charge on any atom is -0.494 e. The summed E-state index contributed by atoms with van der Waals surface area (Å²) in [6.45, 7) is 9.12. The van der Waals surface area contributed by atoms with E-state index in [0.717, 1.165) is 44.1 Å². The molecule has 0 aromatic heterocycles. The minimum atomic E-state index is 0.583. The molecule has 0 saturated carbocycles. The predicted octanol–water partition coefficient (Wildman–Crippen LogP) is 4.02. The van der Waals surface area contributed by atoms with Crippen molar-refractivity contribution in [3.8, 4) is 11.5 Å². The SMILES string of the molecule is CCCOc1ccc(OCCCCCNC(C)C)cc1. The van der Waals surface area contributed by atoms with Crippen LogP contribution in [0, 0.1) is 0 Å². The van der Waals surface area contributed by atoms with Crippen LogP contribution >= 0.6 is 0 Å². The Morgan fingerprint density at radius 1 is 0.900 bits per heavy atom. The van der Waals surface area contributed by atoms with Crippen LogP contribution in [0.3, 0.4) is 0 Å². The average molecular weight is 279 g/mol. The monoisotopic (exact) mass is 279 g/mol. The van der Waals surface area contributed by atoms with Crippen LogP contribution in [0.4, 0.5) is 0 Å². The molecular formula is C17H29NO2. The number of benzene rings is 1. The molecule has 0 heterocycles. The van der Waals surface area contributed by atoms with Crippen LogP contribution in [0.1, 0.15) is 46.5 Å². The van der Waals surface area contributed by atoms with Gasteiger partial charge in [-0.15, -0.1) is 0 Å². The second-order valence-corrected chi connectivity index (χ2v) is 5.34. The van der Waals surface area contributed by atoms with Gasteiger partial charge in [0.1, 0.15) is 11.5 Å². The molecule has 114 valence electrons. The molecule has 20 heavy (non-hydrogen) atoms. The molecule has 0 aliphatic rings. The molecule has 0 aliphatic heterocycles. The fourth-order valence-electron chi connectivity index (χ4n) is 1.84. The first kappa shape index (κ1) is 16.8. The van der Waals surface area contributed by atoms with Gasteiger partial charge in [-0.2, -0.15) is 0 Å². The number of nitrogens with one attached hydrogen (secondary N) is 1. The van der Waals surface area contributed by atoms with E-state index in [2.05, 4.69) is 26.1 Å². The third kappa shape index (κ3) is 8.05. The maximum atomic E-state index is 5.72. The van der Waals surface area contributed by atoms with Crippen molar-refractivity contribution in [2.45, 2.75) is 52.5 Å². The zero-order chi connectivity index (χ0) is 14.6. The van der Waals surface area contributed by atoms with Gasteiger partial charge in [0.2, 0.25) is 0 Å². The lowest BCUT2D eigenvalue weighted by Gasteiger charge is -2.09. The molecule has 1 N–H and O–H groups in total. The normalized spacial score (nSPS) is 10.8. The summed E-state index contributed by atoms with van der Waals surface area (Å²) in [6.07, 6.45) is 4.56. The summed E-state index contributed by atoms with van der Waals surface area (Å²) in [7, 11) is 0. The Bertz CT molecular complexity index is 335. The summed E-state index contributed by atoms with van der Waals surface area (Å²) in [5.41, 5.74) is 0. The summed E-state index contributed by atoms with van der Waals surface area (Å²) in [5.74, 6) is 1.84. The number of ether oxygens (including phenoxy) is 2. The fourth-order valence-corrected chi connectivity index (χ4v) is 1.84. The van der Waals surface area contributed by atoms with E-state index in [1.165, 1.54) is 12.8 Å². The zero-order valence-electron chi connectivity index (χ0n) is 13.2. The molecule has 0 fully saturated rings. The second-order valence-electron chi connectivity index (χ2n) is 5.34. The van der Waals surface area contributed by atoms with Crippen molar-refractivity contribution >= 4 is 0 Å². The van der Waals surface area contributed by atoms with Crippen molar-refractivity contribution in [1.29, 1.82) is 0 Å². The Balaban J connectivity index is 2.07. The van der Waals surface area contributed by atoms with Gasteiger partial charge in [0.05, 0.1) is 13.2 Å². The number of hydrogen-bond donors (Lipinski definition) is 1. The molecule has 0 saturated heterocycles. The van der Waals surface area contributed by atoms with E-state index in [1.807, 2.05) is 24.3 Å². The first-order chi connectivity index (χ1) is 9.72. The van der Waals surface area contributed by atoms with Crippen molar-refractivity contribution in [3.05, 3.63) is 24.3 Å². The summed E-state index contributed by atoms with van der Waals surface area (Å²) in [4.78, 5) is 0. The van der Waals surface area contributed by atoms with Crippen LogP contribution in [-0.4, -0.2) is 25.8 Å². The average Bonchev–Trinajstić information content (AvgIpc) is 2.45. The summed E-state index contributed by atoms with van der Waals surface area (Å²) in [6, 6.07) is 8.48. The summed E-state index contributed by atoms with van der Waals surface area (Å²) >= 11 is 0. The molecule has 1 aromatic carbocycles. The van der Waals surface area contributed by atoms with Crippen LogP contribution in [-0.2, 0) is 0 Å². The van der Waals surface area contributed by atoms with Gasteiger partial charge >= 0.3 is 0 Å². The van der Waals surface area contributed by atoms with E-state index in [4.69, 9.17) is 9.47 Å². The van der Waals surface area contributed by atoms with Crippen LogP contribution in [0.15, 0.2) is 24.3 Å². The van der Waals surface area contributed by atoms with Gasteiger partial charge in [-0.25, -0.2) is 0 Å².